The molecule has 23 heavy (non-hydrogen) atoms. The number of rotatable bonds is 6. The fourth-order valence-electron chi connectivity index (χ4n) is 2.91. The van der Waals surface area contributed by atoms with E-state index in [0.717, 1.165) is 44.4 Å². The number of amides is 1. The molecule has 1 heterocycles. The molecular formula is C18H28N2O3. The van der Waals surface area contributed by atoms with Crippen molar-refractivity contribution in [3.63, 3.8) is 0 Å². The van der Waals surface area contributed by atoms with Gasteiger partial charge < -0.3 is 15.0 Å². The summed E-state index contributed by atoms with van der Waals surface area (Å²) >= 11 is 0. The Morgan fingerprint density at radius 2 is 2.13 bits per heavy atom. The van der Waals surface area contributed by atoms with Crippen LogP contribution in [0, 0.1) is 12.8 Å². The van der Waals surface area contributed by atoms with Crippen LogP contribution in [0.15, 0.2) is 17.1 Å². The summed E-state index contributed by atoms with van der Waals surface area (Å²) in [5.41, 5.74) is 0.674. The second-order valence-electron chi connectivity index (χ2n) is 6.85. The van der Waals surface area contributed by atoms with Crippen LogP contribution >= 0.6 is 0 Å². The molecule has 2 atom stereocenters. The summed E-state index contributed by atoms with van der Waals surface area (Å²) in [5, 5.41) is 3.00. The van der Waals surface area contributed by atoms with Crippen LogP contribution in [0.1, 0.15) is 62.0 Å². The molecule has 1 fully saturated rings. The highest BCUT2D eigenvalue weighted by atomic mass is 16.5. The lowest BCUT2D eigenvalue weighted by Crippen LogP contribution is -2.47. The van der Waals surface area contributed by atoms with Crippen molar-refractivity contribution in [2.24, 2.45) is 5.92 Å². The van der Waals surface area contributed by atoms with E-state index in [0.29, 0.717) is 5.92 Å². The van der Waals surface area contributed by atoms with Crippen molar-refractivity contribution in [1.29, 1.82) is 0 Å². The molecule has 128 valence electrons. The molecule has 5 nitrogen and oxygen atoms in total. The minimum absolute atomic E-state index is 0.0101. The topological polar surface area (TPSA) is 71.2 Å². The summed E-state index contributed by atoms with van der Waals surface area (Å²) < 4.78 is 5.99. The average molecular weight is 320 g/mol. The van der Waals surface area contributed by atoms with Crippen molar-refractivity contribution in [2.75, 3.05) is 6.61 Å². The van der Waals surface area contributed by atoms with Gasteiger partial charge in [-0.25, -0.2) is 0 Å². The zero-order valence-electron chi connectivity index (χ0n) is 14.4. The summed E-state index contributed by atoms with van der Waals surface area (Å²) in [6, 6.07) is 1.44. The summed E-state index contributed by atoms with van der Waals surface area (Å²) in [5.74, 6) is 0.299. The van der Waals surface area contributed by atoms with Gasteiger partial charge in [0.05, 0.1) is 12.1 Å². The number of pyridine rings is 1. The summed E-state index contributed by atoms with van der Waals surface area (Å²) in [7, 11) is 0. The molecule has 1 aliphatic rings. The Hall–Kier alpha value is -1.62. The monoisotopic (exact) mass is 320 g/mol. The van der Waals surface area contributed by atoms with Gasteiger partial charge in [0.15, 0.2) is 5.43 Å². The molecule has 1 aromatic heterocycles. The number of ether oxygens (including phenoxy) is 1. The van der Waals surface area contributed by atoms with E-state index in [1.165, 1.54) is 12.3 Å². The molecule has 0 saturated heterocycles. The molecule has 5 heteroatoms. The van der Waals surface area contributed by atoms with Gasteiger partial charge >= 0.3 is 0 Å². The van der Waals surface area contributed by atoms with Crippen molar-refractivity contribution < 1.29 is 9.53 Å². The first-order chi connectivity index (χ1) is 11.0. The first kappa shape index (κ1) is 17.7. The lowest BCUT2D eigenvalue weighted by molar-refractivity contribution is 0.00120. The smallest absolute Gasteiger partial charge is 0.257 e. The fourth-order valence-corrected chi connectivity index (χ4v) is 2.91. The molecule has 0 spiro atoms. The molecule has 0 bridgehead atoms. The summed E-state index contributed by atoms with van der Waals surface area (Å²) in [6.45, 7) is 6.86. The van der Waals surface area contributed by atoms with Gasteiger partial charge in [-0.15, -0.1) is 0 Å². The highest BCUT2D eigenvalue weighted by Crippen LogP contribution is 2.22. The van der Waals surface area contributed by atoms with E-state index in [1.807, 2.05) is 0 Å². The van der Waals surface area contributed by atoms with Crippen LogP contribution in [0.4, 0.5) is 0 Å². The number of aromatic nitrogens is 1. The SMILES string of the molecule is Cc1cc(=O)c(C(=O)N[C@H]2CCCC[C@H]2OCCC(C)C)c[nH]1. The van der Waals surface area contributed by atoms with Crippen molar-refractivity contribution in [1.82, 2.24) is 10.3 Å². The van der Waals surface area contributed by atoms with E-state index in [2.05, 4.69) is 24.1 Å². The van der Waals surface area contributed by atoms with E-state index in [-0.39, 0.29) is 29.0 Å². The maximum absolute atomic E-state index is 12.4. The molecule has 2 rings (SSSR count). The third-order valence-corrected chi connectivity index (χ3v) is 4.35. The van der Waals surface area contributed by atoms with Crippen molar-refractivity contribution >= 4 is 5.91 Å². The molecule has 1 amide bonds. The summed E-state index contributed by atoms with van der Waals surface area (Å²) in [6.07, 6.45) is 6.65. The molecule has 0 aromatic carbocycles. The third kappa shape index (κ3) is 5.20. The molecule has 1 aliphatic carbocycles. The van der Waals surface area contributed by atoms with Crippen molar-refractivity contribution in [3.05, 3.63) is 33.7 Å². The minimum atomic E-state index is -0.310. The second kappa shape index (κ2) is 8.29. The van der Waals surface area contributed by atoms with Crippen LogP contribution in [0.5, 0.6) is 0 Å². The van der Waals surface area contributed by atoms with Crippen molar-refractivity contribution in [3.8, 4) is 0 Å². The lowest BCUT2D eigenvalue weighted by Gasteiger charge is -2.32. The van der Waals surface area contributed by atoms with Crippen LogP contribution in [0.25, 0.3) is 0 Å². The van der Waals surface area contributed by atoms with Crippen LogP contribution in [-0.2, 0) is 4.74 Å². The van der Waals surface area contributed by atoms with Gasteiger partial charge in [0.25, 0.3) is 5.91 Å². The van der Waals surface area contributed by atoms with E-state index >= 15 is 0 Å². The van der Waals surface area contributed by atoms with Gasteiger partial charge in [-0.2, -0.15) is 0 Å². The van der Waals surface area contributed by atoms with E-state index < -0.39 is 0 Å². The standard InChI is InChI=1S/C18H28N2O3/c1-12(2)8-9-23-17-7-5-4-6-15(17)20-18(22)14-11-19-13(3)10-16(14)21/h10-12,15,17H,4-9H2,1-3H3,(H,19,21)(H,20,22)/t15-,17+/m0/s1. The predicted molar refractivity (Wildman–Crippen MR) is 90.7 cm³/mol. The van der Waals surface area contributed by atoms with Gasteiger partial charge in [-0.3, -0.25) is 9.59 Å². The van der Waals surface area contributed by atoms with Gasteiger partial charge in [0, 0.05) is 24.6 Å². The number of aryl methyl sites for hydroxylation is 1. The Bertz CT molecular complexity index is 580. The van der Waals surface area contributed by atoms with Gasteiger partial charge in [0.2, 0.25) is 0 Å². The molecular weight excluding hydrogens is 292 g/mol. The number of hydrogen-bond donors (Lipinski definition) is 2. The Kier molecular flexibility index (Phi) is 6.39. The quantitative estimate of drug-likeness (QED) is 0.846. The molecule has 2 N–H and O–H groups in total. The largest absolute Gasteiger partial charge is 0.376 e. The highest BCUT2D eigenvalue weighted by molar-refractivity contribution is 5.94. The lowest BCUT2D eigenvalue weighted by atomic mass is 9.92. The molecule has 0 unspecified atom stereocenters. The normalized spacial score (nSPS) is 21.4. The summed E-state index contributed by atoms with van der Waals surface area (Å²) in [4.78, 5) is 27.3. The van der Waals surface area contributed by atoms with Gasteiger partial charge in [-0.05, 0) is 32.1 Å². The predicted octanol–water partition coefficient (Wildman–Crippen LogP) is 2.79. The number of carbonyl (C=O) groups is 1. The third-order valence-electron chi connectivity index (χ3n) is 4.35. The maximum Gasteiger partial charge on any atom is 0.257 e. The molecule has 1 aromatic rings. The van der Waals surface area contributed by atoms with Crippen LogP contribution in [-0.4, -0.2) is 29.6 Å². The van der Waals surface area contributed by atoms with Crippen molar-refractivity contribution in [2.45, 2.75) is 65.0 Å². The molecule has 1 saturated carbocycles. The number of aromatic amines is 1. The minimum Gasteiger partial charge on any atom is -0.376 e. The van der Waals surface area contributed by atoms with E-state index in [4.69, 9.17) is 4.74 Å². The zero-order chi connectivity index (χ0) is 16.8. The first-order valence-corrected chi connectivity index (χ1v) is 8.59. The maximum atomic E-state index is 12.4. The van der Waals surface area contributed by atoms with Gasteiger partial charge in [0.1, 0.15) is 5.56 Å². The number of hydrogen-bond acceptors (Lipinski definition) is 3. The fraction of sp³-hybridized carbons (Fsp3) is 0.667. The average Bonchev–Trinajstić information content (AvgIpc) is 2.48. The number of carbonyl (C=O) groups excluding carboxylic acids is 1. The number of nitrogens with one attached hydrogen (secondary N) is 2. The zero-order valence-corrected chi connectivity index (χ0v) is 14.4. The Morgan fingerprint density at radius 1 is 1.39 bits per heavy atom. The first-order valence-electron chi connectivity index (χ1n) is 8.59. The number of H-pyrrole nitrogens is 1. The van der Waals surface area contributed by atoms with E-state index in [9.17, 15) is 9.59 Å². The van der Waals surface area contributed by atoms with Gasteiger partial charge in [-0.1, -0.05) is 26.7 Å². The Morgan fingerprint density at radius 3 is 2.83 bits per heavy atom. The van der Waals surface area contributed by atoms with Crippen LogP contribution in [0.2, 0.25) is 0 Å². The van der Waals surface area contributed by atoms with Crippen LogP contribution in [0.3, 0.4) is 0 Å². The molecule has 0 aliphatic heterocycles. The Balaban J connectivity index is 1.97. The Labute approximate surface area is 137 Å². The molecule has 0 radical (unpaired) electrons. The second-order valence-corrected chi connectivity index (χ2v) is 6.85. The van der Waals surface area contributed by atoms with Crippen LogP contribution < -0.4 is 10.7 Å². The van der Waals surface area contributed by atoms with E-state index in [1.54, 1.807) is 6.92 Å². The highest BCUT2D eigenvalue weighted by Gasteiger charge is 2.28.